The van der Waals surface area contributed by atoms with Crippen molar-refractivity contribution in [2.45, 2.75) is 25.3 Å². The summed E-state index contributed by atoms with van der Waals surface area (Å²) in [4.78, 5) is 17.2. The van der Waals surface area contributed by atoms with Crippen molar-refractivity contribution in [1.29, 1.82) is 0 Å². The Morgan fingerprint density at radius 2 is 1.74 bits per heavy atom. The van der Waals surface area contributed by atoms with E-state index in [4.69, 9.17) is 9.52 Å². The van der Waals surface area contributed by atoms with Gasteiger partial charge in [0.25, 0.3) is 0 Å². The van der Waals surface area contributed by atoms with E-state index in [-0.39, 0.29) is 12.6 Å². The number of furan rings is 1. The van der Waals surface area contributed by atoms with Crippen LogP contribution in [0.15, 0.2) is 76.8 Å². The Balaban J connectivity index is 1.39. The lowest BCUT2D eigenvalue weighted by Gasteiger charge is -2.03. The SMILES string of the molecule is OCCCCC1C=C(c2ccc(-c3cc4nccc(-c5cncnc5)c4o3)cc2)C=N1. The van der Waals surface area contributed by atoms with E-state index >= 15 is 0 Å². The van der Waals surface area contributed by atoms with Gasteiger partial charge in [-0.15, -0.1) is 0 Å². The molecular formula is C25H22N4O2. The summed E-state index contributed by atoms with van der Waals surface area (Å²) in [6, 6.07) is 12.4. The second kappa shape index (κ2) is 8.62. The summed E-state index contributed by atoms with van der Waals surface area (Å²) in [5.41, 5.74) is 6.61. The lowest BCUT2D eigenvalue weighted by atomic mass is 10.0. The highest BCUT2D eigenvalue weighted by Gasteiger charge is 2.15. The average Bonchev–Trinajstić information content (AvgIpc) is 3.47. The lowest BCUT2D eigenvalue weighted by molar-refractivity contribution is 0.282. The predicted molar refractivity (Wildman–Crippen MR) is 122 cm³/mol. The van der Waals surface area contributed by atoms with Crippen LogP contribution in [0.3, 0.4) is 0 Å². The number of rotatable bonds is 7. The molecule has 31 heavy (non-hydrogen) atoms. The van der Waals surface area contributed by atoms with Crippen LogP contribution in [0.25, 0.3) is 39.1 Å². The number of hydrogen-bond donors (Lipinski definition) is 1. The van der Waals surface area contributed by atoms with Crippen LogP contribution in [-0.2, 0) is 0 Å². The van der Waals surface area contributed by atoms with Gasteiger partial charge in [-0.2, -0.15) is 0 Å². The Bertz CT molecular complexity index is 1240. The summed E-state index contributed by atoms with van der Waals surface area (Å²) in [6.07, 6.45) is 13.8. The van der Waals surface area contributed by atoms with Gasteiger partial charge in [0.1, 0.15) is 17.6 Å². The van der Waals surface area contributed by atoms with Crippen molar-refractivity contribution in [2.75, 3.05) is 6.61 Å². The molecule has 1 aliphatic rings. The van der Waals surface area contributed by atoms with Crippen molar-refractivity contribution in [3.05, 3.63) is 73.0 Å². The van der Waals surface area contributed by atoms with E-state index in [0.29, 0.717) is 0 Å². The molecule has 1 aliphatic heterocycles. The molecule has 1 atom stereocenters. The Kier molecular flexibility index (Phi) is 5.37. The van der Waals surface area contributed by atoms with Gasteiger partial charge in [0.05, 0.1) is 6.04 Å². The monoisotopic (exact) mass is 410 g/mol. The first-order valence-electron chi connectivity index (χ1n) is 10.4. The number of aliphatic hydroxyl groups is 1. The van der Waals surface area contributed by atoms with Gasteiger partial charge < -0.3 is 9.52 Å². The molecular weight excluding hydrogens is 388 g/mol. The van der Waals surface area contributed by atoms with Crippen LogP contribution in [0, 0.1) is 0 Å². The van der Waals surface area contributed by atoms with Gasteiger partial charge in [0, 0.05) is 54.2 Å². The maximum Gasteiger partial charge on any atom is 0.161 e. The molecule has 1 N–H and O–H groups in total. The van der Waals surface area contributed by atoms with E-state index in [9.17, 15) is 0 Å². The highest BCUT2D eigenvalue weighted by atomic mass is 16.3. The Labute approximate surface area is 180 Å². The average molecular weight is 410 g/mol. The first-order chi connectivity index (χ1) is 15.3. The second-order valence-electron chi connectivity index (χ2n) is 7.57. The molecule has 0 saturated carbocycles. The maximum absolute atomic E-state index is 8.94. The summed E-state index contributed by atoms with van der Waals surface area (Å²) in [6.45, 7) is 0.242. The third kappa shape index (κ3) is 4.02. The van der Waals surface area contributed by atoms with Crippen LogP contribution >= 0.6 is 0 Å². The van der Waals surface area contributed by atoms with Crippen LogP contribution < -0.4 is 0 Å². The van der Waals surface area contributed by atoms with Gasteiger partial charge in [0.15, 0.2) is 5.58 Å². The molecule has 0 saturated heterocycles. The van der Waals surface area contributed by atoms with Gasteiger partial charge in [-0.3, -0.25) is 9.98 Å². The molecule has 5 rings (SSSR count). The fourth-order valence-electron chi connectivity index (χ4n) is 3.84. The van der Waals surface area contributed by atoms with Crippen molar-refractivity contribution in [3.8, 4) is 22.5 Å². The molecule has 0 fully saturated rings. The van der Waals surface area contributed by atoms with Gasteiger partial charge in [-0.1, -0.05) is 30.3 Å². The van der Waals surface area contributed by atoms with E-state index < -0.39 is 0 Å². The fourth-order valence-corrected chi connectivity index (χ4v) is 3.84. The van der Waals surface area contributed by atoms with E-state index in [1.807, 2.05) is 18.3 Å². The van der Waals surface area contributed by atoms with E-state index in [1.165, 1.54) is 6.33 Å². The fraction of sp³-hybridized carbons (Fsp3) is 0.200. The molecule has 0 radical (unpaired) electrons. The Hall–Kier alpha value is -3.64. The number of unbranched alkanes of at least 4 members (excludes halogenated alkanes) is 1. The van der Waals surface area contributed by atoms with Crippen molar-refractivity contribution in [3.63, 3.8) is 0 Å². The highest BCUT2D eigenvalue weighted by Crippen LogP contribution is 2.33. The standard InChI is InChI=1S/C25H22N4O2/c30-10-2-1-3-21-11-19(15-29-21)17-4-6-18(7-5-17)24-12-23-25(31-24)22(8-9-28-23)20-13-26-16-27-14-20/h4-9,11-16,21,30H,1-3,10H2. The van der Waals surface area contributed by atoms with Crippen molar-refractivity contribution in [2.24, 2.45) is 4.99 Å². The molecule has 4 heterocycles. The van der Waals surface area contributed by atoms with Crippen molar-refractivity contribution < 1.29 is 9.52 Å². The minimum atomic E-state index is 0.211. The highest BCUT2D eigenvalue weighted by molar-refractivity contribution is 6.11. The smallest absolute Gasteiger partial charge is 0.161 e. The molecule has 0 spiro atoms. The van der Waals surface area contributed by atoms with Crippen LogP contribution in [-0.4, -0.2) is 38.9 Å². The number of aromatic nitrogens is 3. The van der Waals surface area contributed by atoms with Crippen LogP contribution in [0.4, 0.5) is 0 Å². The molecule has 0 bridgehead atoms. The minimum Gasteiger partial charge on any atom is -0.454 e. The normalized spacial score (nSPS) is 15.5. The lowest BCUT2D eigenvalue weighted by Crippen LogP contribution is -1.97. The van der Waals surface area contributed by atoms with E-state index in [0.717, 1.165) is 63.9 Å². The van der Waals surface area contributed by atoms with Gasteiger partial charge in [-0.25, -0.2) is 9.97 Å². The summed E-state index contributed by atoms with van der Waals surface area (Å²) in [5.74, 6) is 0.772. The van der Waals surface area contributed by atoms with Gasteiger partial charge in [-0.05, 0) is 36.5 Å². The zero-order valence-corrected chi connectivity index (χ0v) is 17.0. The van der Waals surface area contributed by atoms with E-state index in [2.05, 4.69) is 50.3 Å². The summed E-state index contributed by atoms with van der Waals surface area (Å²) < 4.78 is 6.20. The quantitative estimate of drug-likeness (QED) is 0.436. The molecule has 6 heteroatoms. The number of aliphatic imine (C=N–C) groups is 1. The van der Waals surface area contributed by atoms with E-state index in [1.54, 1.807) is 18.6 Å². The Morgan fingerprint density at radius 1 is 0.935 bits per heavy atom. The number of aliphatic hydroxyl groups excluding tert-OH is 1. The Morgan fingerprint density at radius 3 is 2.55 bits per heavy atom. The maximum atomic E-state index is 8.94. The molecule has 1 unspecified atom stereocenters. The molecule has 6 nitrogen and oxygen atoms in total. The first-order valence-corrected chi connectivity index (χ1v) is 10.4. The van der Waals surface area contributed by atoms with Crippen molar-refractivity contribution in [1.82, 2.24) is 15.0 Å². The number of fused-ring (bicyclic) bond motifs is 1. The predicted octanol–water partition coefficient (Wildman–Crippen LogP) is 4.95. The third-order valence-corrected chi connectivity index (χ3v) is 5.47. The van der Waals surface area contributed by atoms with Crippen LogP contribution in [0.1, 0.15) is 24.8 Å². The molecule has 0 aliphatic carbocycles. The molecule has 154 valence electrons. The largest absolute Gasteiger partial charge is 0.454 e. The number of benzene rings is 1. The molecule has 4 aromatic rings. The topological polar surface area (TPSA) is 84.4 Å². The summed E-state index contributed by atoms with van der Waals surface area (Å²) in [7, 11) is 0. The number of nitrogens with zero attached hydrogens (tertiary/aromatic N) is 4. The number of allylic oxidation sites excluding steroid dienone is 1. The zero-order chi connectivity index (χ0) is 21.0. The van der Waals surface area contributed by atoms with Crippen molar-refractivity contribution >= 4 is 22.9 Å². The third-order valence-electron chi connectivity index (χ3n) is 5.47. The van der Waals surface area contributed by atoms with Crippen LogP contribution in [0.5, 0.6) is 0 Å². The summed E-state index contributed by atoms with van der Waals surface area (Å²) >= 11 is 0. The van der Waals surface area contributed by atoms with Crippen LogP contribution in [0.2, 0.25) is 0 Å². The zero-order valence-electron chi connectivity index (χ0n) is 17.0. The summed E-state index contributed by atoms with van der Waals surface area (Å²) in [5, 5.41) is 8.94. The van der Waals surface area contributed by atoms with Gasteiger partial charge in [0.2, 0.25) is 0 Å². The number of hydrogen-bond acceptors (Lipinski definition) is 6. The molecule has 0 amide bonds. The first kappa shape index (κ1) is 19.3. The van der Waals surface area contributed by atoms with Gasteiger partial charge >= 0.3 is 0 Å². The molecule has 3 aromatic heterocycles. The second-order valence-corrected chi connectivity index (χ2v) is 7.57. The number of pyridine rings is 1. The molecule has 1 aromatic carbocycles. The minimum absolute atomic E-state index is 0.211.